The van der Waals surface area contributed by atoms with Crippen LogP contribution in [0.15, 0.2) is 60.0 Å². The summed E-state index contributed by atoms with van der Waals surface area (Å²) in [6.45, 7) is 3.07. The van der Waals surface area contributed by atoms with Crippen molar-refractivity contribution in [2.45, 2.75) is 101 Å². The van der Waals surface area contributed by atoms with Gasteiger partial charge in [0.05, 0.1) is 12.9 Å². The lowest BCUT2D eigenvalue weighted by molar-refractivity contribution is -0.159. The van der Waals surface area contributed by atoms with E-state index in [-0.39, 0.29) is 55.2 Å². The van der Waals surface area contributed by atoms with Crippen molar-refractivity contribution in [2.24, 2.45) is 0 Å². The van der Waals surface area contributed by atoms with Crippen molar-refractivity contribution < 1.29 is 80.9 Å². The number of aliphatic hydroxyl groups excluding tert-OH is 1. The molecule has 30 heteroatoms. The zero-order chi connectivity index (χ0) is 48.7. The average Bonchev–Trinajstić information content (AvgIpc) is 3.94. The predicted octanol–water partition coefficient (Wildman–Crippen LogP) is 0.478. The first kappa shape index (κ1) is 50.9. The van der Waals surface area contributed by atoms with Gasteiger partial charge in [-0.15, -0.1) is 4.52 Å². The van der Waals surface area contributed by atoms with E-state index in [0.717, 1.165) is 16.5 Å². The van der Waals surface area contributed by atoms with Crippen LogP contribution in [0.4, 0.5) is 21.2 Å². The molecule has 366 valence electrons. The minimum Gasteiger partial charge on any atom is -0.455 e. The number of fused-ring (bicyclic) bond motifs is 1. The molecule has 0 spiro atoms. The highest BCUT2D eigenvalue weighted by atomic mass is 31.2. The van der Waals surface area contributed by atoms with E-state index in [4.69, 9.17) is 44.2 Å². The maximum absolute atomic E-state index is 14.0. The molecule has 11 N–H and O–H groups in total. The number of benzene rings is 1. The Morgan fingerprint density at radius 3 is 2.46 bits per heavy atom. The maximum Gasteiger partial charge on any atom is 0.570 e. The number of carbonyl (C=O) groups excluding carboxylic acids is 3. The van der Waals surface area contributed by atoms with E-state index in [1.54, 1.807) is 45.0 Å². The van der Waals surface area contributed by atoms with Crippen molar-refractivity contribution in [2.75, 3.05) is 31.2 Å². The molecule has 67 heavy (non-hydrogen) atoms. The first-order chi connectivity index (χ1) is 31.6. The maximum atomic E-state index is 14.0. The Morgan fingerprint density at radius 2 is 1.76 bits per heavy atom. The van der Waals surface area contributed by atoms with Crippen molar-refractivity contribution in [3.8, 4) is 0 Å². The van der Waals surface area contributed by atoms with Crippen LogP contribution >= 0.6 is 16.0 Å². The molecule has 0 radical (unpaired) electrons. The SMILES string of the molecule is CC(C)(C)OC(=O)N[C@@H](CCCNC(=O)OCc1ccccc1)C(=O)O[C@H]1[C@@H](O)[C@H](n2cnc3c(N)ncnc32)O[C@@H]1CO[P+](O)(O)O[C@H]1C[C@H](n2ccc(N)nc2=O)O[C@@H]1COP(=O)(O)O. The van der Waals surface area contributed by atoms with Crippen LogP contribution in [0.25, 0.3) is 11.2 Å². The lowest BCUT2D eigenvalue weighted by atomic mass is 10.1. The van der Waals surface area contributed by atoms with Crippen molar-refractivity contribution in [3.05, 3.63) is 71.3 Å². The number of esters is 1. The number of hydrogen-bond donors (Lipinski definition) is 9. The van der Waals surface area contributed by atoms with Gasteiger partial charge in [0.1, 0.15) is 73.2 Å². The normalized spacial score (nSPS) is 22.6. The number of alkyl carbamates (subject to hydrolysis) is 2. The number of imidazole rings is 1. The molecule has 6 rings (SSSR count). The molecule has 8 atom stereocenters. The molecule has 2 fully saturated rings. The van der Waals surface area contributed by atoms with Gasteiger partial charge < -0.3 is 60.7 Å². The van der Waals surface area contributed by atoms with E-state index in [9.17, 15) is 48.4 Å². The fourth-order valence-corrected chi connectivity index (χ4v) is 8.11. The molecule has 1 aromatic carbocycles. The zero-order valence-corrected chi connectivity index (χ0v) is 37.8. The Bertz CT molecular complexity index is 2450. The number of aromatic nitrogens is 6. The zero-order valence-electron chi connectivity index (χ0n) is 36.0. The number of amides is 2. The molecule has 2 amide bonds. The highest BCUT2D eigenvalue weighted by Crippen LogP contribution is 2.56. The van der Waals surface area contributed by atoms with Crippen LogP contribution in [-0.2, 0) is 53.2 Å². The summed E-state index contributed by atoms with van der Waals surface area (Å²) in [6, 6.07) is 8.76. The Balaban J connectivity index is 1.18. The molecule has 0 bridgehead atoms. The van der Waals surface area contributed by atoms with E-state index >= 15 is 0 Å². The molecule has 4 aromatic rings. The summed E-state index contributed by atoms with van der Waals surface area (Å²) in [5.41, 5.74) is 10.7. The van der Waals surface area contributed by atoms with Gasteiger partial charge in [0.15, 0.2) is 23.8 Å². The number of nitrogen functional groups attached to an aromatic ring is 2. The number of ether oxygens (including phenoxy) is 5. The molecule has 2 aliphatic rings. The number of nitrogens with two attached hydrogens (primary N) is 2. The van der Waals surface area contributed by atoms with E-state index < -0.39 is 108 Å². The van der Waals surface area contributed by atoms with E-state index in [1.165, 1.54) is 23.2 Å². The monoisotopic (exact) mass is 985 g/mol. The average molecular weight is 986 g/mol. The lowest BCUT2D eigenvalue weighted by Gasteiger charge is -2.26. The van der Waals surface area contributed by atoms with Crippen molar-refractivity contribution in [1.29, 1.82) is 0 Å². The summed E-state index contributed by atoms with van der Waals surface area (Å²) in [6.07, 6.45) is -9.12. The van der Waals surface area contributed by atoms with Crippen LogP contribution < -0.4 is 27.8 Å². The quantitative estimate of drug-likeness (QED) is 0.0267. The molecule has 5 heterocycles. The number of phosphoric ester groups is 1. The summed E-state index contributed by atoms with van der Waals surface area (Å²) in [7, 11) is -10.1. The van der Waals surface area contributed by atoms with Crippen LogP contribution in [-0.4, -0.2) is 134 Å². The van der Waals surface area contributed by atoms with Gasteiger partial charge in [-0.1, -0.05) is 30.3 Å². The molecule has 0 saturated carbocycles. The second-order valence-electron chi connectivity index (χ2n) is 16.0. The molecule has 2 aliphatic heterocycles. The number of nitrogens with zero attached hydrogens (tertiary/aromatic N) is 6. The first-order valence-corrected chi connectivity index (χ1v) is 23.4. The smallest absolute Gasteiger partial charge is 0.455 e. The second-order valence-corrected chi connectivity index (χ2v) is 18.7. The van der Waals surface area contributed by atoms with Crippen LogP contribution in [0.1, 0.15) is 58.1 Å². The number of rotatable bonds is 19. The second kappa shape index (κ2) is 21.6. The molecule has 28 nitrogen and oxygen atoms in total. The highest BCUT2D eigenvalue weighted by Gasteiger charge is 2.54. The topological polar surface area (TPSA) is 398 Å². The van der Waals surface area contributed by atoms with Gasteiger partial charge >= 0.3 is 39.8 Å². The van der Waals surface area contributed by atoms with Crippen LogP contribution in [0.2, 0.25) is 0 Å². The third kappa shape index (κ3) is 14.3. The van der Waals surface area contributed by atoms with Crippen molar-refractivity contribution in [1.82, 2.24) is 39.7 Å². The van der Waals surface area contributed by atoms with Crippen molar-refractivity contribution in [3.63, 3.8) is 0 Å². The number of anilines is 2. The van der Waals surface area contributed by atoms with Gasteiger partial charge in [-0.3, -0.25) is 13.7 Å². The molecule has 0 aliphatic carbocycles. The summed E-state index contributed by atoms with van der Waals surface area (Å²) in [5.74, 6) is -1.23. The van der Waals surface area contributed by atoms with Gasteiger partial charge in [0, 0.05) is 19.2 Å². The minimum absolute atomic E-state index is 0.00567. The van der Waals surface area contributed by atoms with E-state index in [0.29, 0.717) is 0 Å². The summed E-state index contributed by atoms with van der Waals surface area (Å²) >= 11 is 0. The lowest BCUT2D eigenvalue weighted by Crippen LogP contribution is -2.48. The Morgan fingerprint density at radius 1 is 1.01 bits per heavy atom. The number of nitrogens with one attached hydrogen (secondary N) is 2. The number of carbonyl (C=O) groups is 3. The molecule has 0 unspecified atom stereocenters. The summed E-state index contributed by atoms with van der Waals surface area (Å²) in [4.78, 5) is 109. The molecule has 2 saturated heterocycles. The predicted molar refractivity (Wildman–Crippen MR) is 228 cm³/mol. The summed E-state index contributed by atoms with van der Waals surface area (Å²) in [5, 5.41) is 16.8. The Labute approximate surface area is 380 Å². The van der Waals surface area contributed by atoms with E-state index in [1.807, 2.05) is 6.07 Å². The Hall–Kier alpha value is -5.48. The largest absolute Gasteiger partial charge is 0.570 e. The molecular formula is C37H51N10O18P2+. The number of phosphoric acid groups is 1. The number of hydrogen-bond acceptors (Lipinski definition) is 22. The fraction of sp³-hybridized carbons (Fsp3) is 0.514. The van der Waals surface area contributed by atoms with Gasteiger partial charge in [-0.25, -0.2) is 38.7 Å². The molecular weight excluding hydrogens is 934 g/mol. The standard InChI is InChI=1S/C37H50N10O18P2/c1-37(2,3)64-36(52)44-21(10-7-12-40-35(51)58-15-20-8-5-4-6-9-20)33(49)63-29-24(62-32(28(29)48)47-19-43-27-30(39)41-18-42-31(27)47)17-60-67(56,57)65-22-14-26(46-13-11-25(38)45-34(46)50)61-23(22)16-59-66(53,54)55/h4-6,8-9,11,13,18-19,21-24,26,28-29,32,48,56-57H,7,10,12,14-17H2,1-3H3,(H7-,38,39,40,41,42,44,45,50,51,52,53,54,55)/p+1/t21-,22-,23+,24+,26+,28+,29+,32+/m0/s1. The highest BCUT2D eigenvalue weighted by molar-refractivity contribution is 7.54. The van der Waals surface area contributed by atoms with Gasteiger partial charge in [0.25, 0.3) is 0 Å². The fourth-order valence-electron chi connectivity index (χ4n) is 6.80. The van der Waals surface area contributed by atoms with Crippen molar-refractivity contribution >= 4 is 56.9 Å². The summed E-state index contributed by atoms with van der Waals surface area (Å²) < 4.78 is 57.5. The third-order valence-corrected chi connectivity index (χ3v) is 11.3. The van der Waals surface area contributed by atoms with Gasteiger partial charge in [-0.2, -0.15) is 19.3 Å². The molecule has 3 aromatic heterocycles. The van der Waals surface area contributed by atoms with E-state index in [2.05, 4.69) is 35.1 Å². The van der Waals surface area contributed by atoms with Gasteiger partial charge in [-0.05, 0) is 45.2 Å². The van der Waals surface area contributed by atoms with Crippen LogP contribution in [0.5, 0.6) is 0 Å². The minimum atomic E-state index is -5.09. The van der Waals surface area contributed by atoms with Crippen LogP contribution in [0, 0.1) is 0 Å². The third-order valence-electron chi connectivity index (χ3n) is 9.78. The first-order valence-electron chi connectivity index (χ1n) is 20.3. The van der Waals surface area contributed by atoms with Crippen LogP contribution in [0.3, 0.4) is 0 Å². The number of aliphatic hydroxyl groups is 1. The Kier molecular flexibility index (Phi) is 16.5. The van der Waals surface area contributed by atoms with Gasteiger partial charge in [0.2, 0.25) is 0 Å².